The molecule has 0 heterocycles. The maximum atomic E-state index is 6.19. The van der Waals surface area contributed by atoms with Crippen molar-refractivity contribution in [3.05, 3.63) is 0 Å². The third-order valence-corrected chi connectivity index (χ3v) is 7.49. The van der Waals surface area contributed by atoms with Gasteiger partial charge < -0.3 is 0 Å². The van der Waals surface area contributed by atoms with Crippen molar-refractivity contribution >= 4 is 9.42 Å². The summed E-state index contributed by atoms with van der Waals surface area (Å²) in [6.07, 6.45) is 1.03. The molecule has 0 spiro atoms. The van der Waals surface area contributed by atoms with Crippen LogP contribution in [0.1, 0.15) is 48.0 Å². The zero-order valence-corrected chi connectivity index (χ0v) is 13.1. The minimum atomic E-state index is -2.28. The van der Waals surface area contributed by atoms with E-state index in [1.165, 1.54) is 0 Å². The summed E-state index contributed by atoms with van der Waals surface area (Å²) in [7, 11) is 6.19. The molecule has 0 bridgehead atoms. The van der Waals surface area contributed by atoms with E-state index in [1.54, 1.807) is 0 Å². The van der Waals surface area contributed by atoms with Crippen LogP contribution >= 0.6 is 9.42 Å². The minimum absolute atomic E-state index is 0.0181. The normalized spacial score (nSPS) is 15.2. The van der Waals surface area contributed by atoms with Gasteiger partial charge in [-0.15, -0.1) is 0 Å². The van der Waals surface area contributed by atoms with Gasteiger partial charge in [-0.2, -0.15) is 0 Å². The van der Waals surface area contributed by atoms with E-state index in [0.717, 1.165) is 6.42 Å². The average Bonchev–Trinajstić information content (AvgIpc) is 1.81. The van der Waals surface area contributed by atoms with Crippen molar-refractivity contribution in [1.29, 1.82) is 0 Å². The van der Waals surface area contributed by atoms with Gasteiger partial charge in [0.15, 0.2) is 0 Å². The van der Waals surface area contributed by atoms with E-state index in [1.807, 2.05) is 0 Å². The molecule has 2 nitrogen and oxygen atoms in total. The molecule has 0 unspecified atom stereocenters. The standard InChI is InChI=1S/C5H11N.C4H9N.ClH.W/c1-4-5(2,3)6;1-4(2,3)5;;/h4H2,1-3H3;1-3H3;1H;/q;;;+1/p-1. The number of hydrogen-bond acceptors (Lipinski definition) is 2. The van der Waals surface area contributed by atoms with Crippen LogP contribution in [0.15, 0.2) is 6.99 Å². The zero-order valence-electron chi connectivity index (χ0n) is 9.39. The van der Waals surface area contributed by atoms with Gasteiger partial charge >= 0.3 is 91.4 Å². The van der Waals surface area contributed by atoms with Crippen LogP contribution in [0.5, 0.6) is 0 Å². The average molecular weight is 376 g/mol. The second-order valence-electron chi connectivity index (χ2n) is 4.74. The Labute approximate surface area is 91.3 Å². The summed E-state index contributed by atoms with van der Waals surface area (Å²) in [5, 5.41) is 0. The summed E-state index contributed by atoms with van der Waals surface area (Å²) in [6.45, 7) is 12.6. The van der Waals surface area contributed by atoms with Crippen molar-refractivity contribution in [3.63, 3.8) is 0 Å². The van der Waals surface area contributed by atoms with Crippen molar-refractivity contribution in [1.82, 2.24) is 0 Å². The van der Waals surface area contributed by atoms with Crippen LogP contribution in [0.3, 0.4) is 0 Å². The van der Waals surface area contributed by atoms with Crippen LogP contribution in [0.2, 0.25) is 0 Å². The zero-order chi connectivity index (χ0) is 10.7. The molecule has 0 amide bonds. The Kier molecular flexibility index (Phi) is 5.10. The Bertz CT molecular complexity index is 245. The molecular weight excluding hydrogens is 355 g/mol. The number of nitrogens with zero attached hydrogens (tertiary/aromatic N) is 2. The second-order valence-corrected chi connectivity index (χ2v) is 9.89. The Hall–Kier alpha value is 0.578. The second kappa shape index (κ2) is 4.89. The molecule has 4 heteroatoms. The summed E-state index contributed by atoms with van der Waals surface area (Å²) in [5.41, 5.74) is -0.00682. The van der Waals surface area contributed by atoms with Crippen LogP contribution < -0.4 is 0 Å². The summed E-state index contributed by atoms with van der Waals surface area (Å²) < 4.78 is 9.14. The quantitative estimate of drug-likeness (QED) is 0.694. The van der Waals surface area contributed by atoms with Gasteiger partial charge in [0.25, 0.3) is 0 Å². The van der Waals surface area contributed by atoms with Crippen LogP contribution in [0.4, 0.5) is 0 Å². The monoisotopic (exact) mass is 375 g/mol. The van der Waals surface area contributed by atoms with Crippen LogP contribution in [0.25, 0.3) is 0 Å². The molecule has 79 valence electrons. The van der Waals surface area contributed by atoms with Gasteiger partial charge in [0.2, 0.25) is 0 Å². The van der Waals surface area contributed by atoms with Crippen molar-refractivity contribution in [2.75, 3.05) is 0 Å². The first kappa shape index (κ1) is 13.6. The van der Waals surface area contributed by atoms with E-state index in [9.17, 15) is 0 Å². The van der Waals surface area contributed by atoms with Gasteiger partial charge in [-0.1, -0.05) is 0 Å². The van der Waals surface area contributed by atoms with Gasteiger partial charge in [0, 0.05) is 0 Å². The molecular formula is C9H20ClN2W. The van der Waals surface area contributed by atoms with Gasteiger partial charge in [-0.25, -0.2) is 0 Å². The van der Waals surface area contributed by atoms with Gasteiger partial charge in [0.05, 0.1) is 0 Å². The molecule has 0 aromatic heterocycles. The number of rotatable bonds is 2. The Morgan fingerprint density at radius 1 is 1.08 bits per heavy atom. The van der Waals surface area contributed by atoms with Crippen molar-refractivity contribution < 1.29 is 15.9 Å². The Morgan fingerprint density at radius 2 is 1.54 bits per heavy atom. The first-order valence-corrected chi connectivity index (χ1v) is 10.8. The van der Waals surface area contributed by atoms with Crippen molar-refractivity contribution in [2.45, 2.75) is 59.0 Å². The van der Waals surface area contributed by atoms with Crippen molar-refractivity contribution in [3.8, 4) is 0 Å². The van der Waals surface area contributed by atoms with E-state index in [-0.39, 0.29) is 11.1 Å². The molecule has 0 aromatic rings. The van der Waals surface area contributed by atoms with Crippen LogP contribution in [-0.4, -0.2) is 11.1 Å². The predicted molar refractivity (Wildman–Crippen MR) is 54.8 cm³/mol. The van der Waals surface area contributed by atoms with Crippen LogP contribution in [-0.2, 0) is 15.9 Å². The molecule has 13 heavy (non-hydrogen) atoms. The van der Waals surface area contributed by atoms with E-state index >= 15 is 0 Å². The molecule has 0 aromatic carbocycles. The molecule has 0 atom stereocenters. The van der Waals surface area contributed by atoms with E-state index in [0.29, 0.717) is 0 Å². The first-order valence-electron chi connectivity index (χ1n) is 4.53. The molecule has 0 fully saturated rings. The van der Waals surface area contributed by atoms with Crippen LogP contribution in [0, 0.1) is 0 Å². The molecule has 0 aliphatic carbocycles. The van der Waals surface area contributed by atoms with E-state index in [4.69, 9.17) is 9.42 Å². The van der Waals surface area contributed by atoms with Crippen molar-refractivity contribution in [2.24, 2.45) is 6.99 Å². The molecule has 0 saturated heterocycles. The molecule has 0 N–H and O–H groups in total. The number of halogens is 1. The number of hydrogen-bond donors (Lipinski definition) is 0. The SMILES string of the molecule is CCC(C)(C)[N]=[W]([Cl])=[N]C(C)(C)C. The summed E-state index contributed by atoms with van der Waals surface area (Å²) in [5.74, 6) is 0. The Balaban J connectivity index is 4.78. The third-order valence-electron chi connectivity index (χ3n) is 1.54. The maximum absolute atomic E-state index is 6.19. The fourth-order valence-corrected chi connectivity index (χ4v) is 7.44. The summed E-state index contributed by atoms with van der Waals surface area (Å²) >= 11 is -2.28. The van der Waals surface area contributed by atoms with Gasteiger partial charge in [0.1, 0.15) is 0 Å². The van der Waals surface area contributed by atoms with Gasteiger partial charge in [-0.3, -0.25) is 0 Å². The topological polar surface area (TPSA) is 24.7 Å². The molecule has 0 saturated carbocycles. The van der Waals surface area contributed by atoms with Gasteiger partial charge in [-0.05, 0) is 0 Å². The predicted octanol–water partition coefficient (Wildman–Crippen LogP) is 4.11. The molecule has 0 aliphatic rings. The molecule has 0 radical (unpaired) electrons. The third kappa shape index (κ3) is 7.63. The summed E-state index contributed by atoms with van der Waals surface area (Å²) in [4.78, 5) is 0. The fourth-order valence-electron chi connectivity index (χ4n) is 0.515. The Morgan fingerprint density at radius 3 is 1.85 bits per heavy atom. The van der Waals surface area contributed by atoms with E-state index in [2.05, 4.69) is 48.5 Å². The summed E-state index contributed by atoms with van der Waals surface area (Å²) in [6, 6.07) is 0. The molecule has 0 aliphatic heterocycles. The fraction of sp³-hybridized carbons (Fsp3) is 1.00. The molecule has 0 rings (SSSR count). The first-order chi connectivity index (χ1) is 5.66. The van der Waals surface area contributed by atoms with E-state index < -0.39 is 15.9 Å².